The van der Waals surface area contributed by atoms with Crippen LogP contribution < -0.4 is 16.4 Å². The van der Waals surface area contributed by atoms with Gasteiger partial charge in [-0.3, -0.25) is 4.79 Å². The highest BCUT2D eigenvalue weighted by Gasteiger charge is 2.46. The highest BCUT2D eigenvalue weighted by molar-refractivity contribution is 5.83. The number of ether oxygens (including phenoxy) is 3. The van der Waals surface area contributed by atoms with Gasteiger partial charge in [0.05, 0.1) is 13.2 Å². The lowest BCUT2D eigenvalue weighted by molar-refractivity contribution is -0.266. The summed E-state index contributed by atoms with van der Waals surface area (Å²) in [6.45, 7) is -0.761. The molecule has 3 amide bonds. The van der Waals surface area contributed by atoms with Gasteiger partial charge in [-0.05, 0) is 0 Å². The second-order valence-electron chi connectivity index (χ2n) is 4.46. The summed E-state index contributed by atoms with van der Waals surface area (Å²) in [7, 11) is 2.70. The van der Waals surface area contributed by atoms with Crippen LogP contribution in [0.1, 0.15) is 0 Å². The largest absolute Gasteiger partial charge is 0.394 e. The van der Waals surface area contributed by atoms with Crippen molar-refractivity contribution in [1.29, 1.82) is 0 Å². The Kier molecular flexibility index (Phi) is 6.78. The monoisotopic (exact) mass is 307 g/mol. The van der Waals surface area contributed by atoms with Crippen LogP contribution in [-0.4, -0.2) is 80.2 Å². The molecule has 0 aliphatic carbocycles. The molecule has 21 heavy (non-hydrogen) atoms. The fourth-order valence-corrected chi connectivity index (χ4v) is 2.11. The van der Waals surface area contributed by atoms with Gasteiger partial charge in [-0.25, -0.2) is 4.79 Å². The number of aliphatic hydroxyl groups is 2. The molecule has 0 spiro atoms. The van der Waals surface area contributed by atoms with Crippen molar-refractivity contribution in [3.8, 4) is 0 Å². The summed E-state index contributed by atoms with van der Waals surface area (Å²) in [5.41, 5.74) is 4.87. The molecule has 1 aliphatic heterocycles. The van der Waals surface area contributed by atoms with E-state index in [1.165, 1.54) is 14.2 Å². The van der Waals surface area contributed by atoms with Gasteiger partial charge in [0.2, 0.25) is 5.91 Å². The summed E-state index contributed by atoms with van der Waals surface area (Å²) in [4.78, 5) is 22.3. The molecule has 6 N–H and O–H groups in total. The summed E-state index contributed by atoms with van der Waals surface area (Å²) in [6.07, 6.45) is -3.82. The molecule has 1 heterocycles. The molecule has 5 atom stereocenters. The Balaban J connectivity index is 2.75. The molecular weight excluding hydrogens is 286 g/mol. The number of methoxy groups -OCH3 is 2. The van der Waals surface area contributed by atoms with Crippen molar-refractivity contribution in [1.82, 2.24) is 10.6 Å². The summed E-state index contributed by atoms with van der Waals surface area (Å²) in [5, 5.41) is 23.9. The highest BCUT2D eigenvalue weighted by Crippen LogP contribution is 2.23. The lowest BCUT2D eigenvalue weighted by Crippen LogP contribution is -2.65. The second kappa shape index (κ2) is 8.10. The van der Waals surface area contributed by atoms with Crippen molar-refractivity contribution in [2.75, 3.05) is 27.4 Å². The number of hydrogen-bond acceptors (Lipinski definition) is 7. The van der Waals surface area contributed by atoms with Crippen molar-refractivity contribution in [2.45, 2.75) is 30.6 Å². The Hall–Kier alpha value is -1.46. The highest BCUT2D eigenvalue weighted by atomic mass is 16.7. The van der Waals surface area contributed by atoms with E-state index < -0.39 is 49.2 Å². The van der Waals surface area contributed by atoms with E-state index in [2.05, 4.69) is 10.6 Å². The number of carbonyl (C=O) groups excluding carboxylic acids is 2. The molecule has 0 saturated carbocycles. The summed E-state index contributed by atoms with van der Waals surface area (Å²) in [6, 6.07) is -1.66. The summed E-state index contributed by atoms with van der Waals surface area (Å²) in [5.74, 6) is -0.554. The summed E-state index contributed by atoms with van der Waals surface area (Å²) >= 11 is 0. The maximum absolute atomic E-state index is 11.7. The quantitative estimate of drug-likeness (QED) is 0.348. The predicted molar refractivity (Wildman–Crippen MR) is 69.1 cm³/mol. The maximum Gasteiger partial charge on any atom is 0.312 e. The molecule has 0 aromatic carbocycles. The molecule has 1 aliphatic rings. The molecule has 0 aromatic heterocycles. The van der Waals surface area contributed by atoms with E-state index in [0.717, 1.165) is 0 Å². The number of urea groups is 1. The van der Waals surface area contributed by atoms with Crippen LogP contribution in [0, 0.1) is 0 Å². The molecule has 1 rings (SSSR count). The molecule has 0 aromatic rings. The van der Waals surface area contributed by atoms with Crippen molar-refractivity contribution in [2.24, 2.45) is 5.73 Å². The second-order valence-corrected chi connectivity index (χ2v) is 4.46. The van der Waals surface area contributed by atoms with Gasteiger partial charge in [-0.15, -0.1) is 0 Å². The zero-order chi connectivity index (χ0) is 16.0. The molecule has 122 valence electrons. The van der Waals surface area contributed by atoms with Gasteiger partial charge in [0.15, 0.2) is 6.29 Å². The number of aliphatic hydroxyl groups excluding tert-OH is 2. The van der Waals surface area contributed by atoms with Crippen LogP contribution in [-0.2, 0) is 19.0 Å². The van der Waals surface area contributed by atoms with E-state index in [0.29, 0.717) is 0 Å². The first-order valence-electron chi connectivity index (χ1n) is 6.27. The minimum Gasteiger partial charge on any atom is -0.394 e. The van der Waals surface area contributed by atoms with Crippen molar-refractivity contribution in [3.05, 3.63) is 0 Å². The average molecular weight is 307 g/mol. The number of nitrogens with one attached hydrogen (secondary N) is 2. The molecule has 1 fully saturated rings. The first kappa shape index (κ1) is 17.6. The van der Waals surface area contributed by atoms with E-state index in [1.807, 2.05) is 0 Å². The Morgan fingerprint density at radius 1 is 1.33 bits per heavy atom. The van der Waals surface area contributed by atoms with Crippen molar-refractivity contribution >= 4 is 11.9 Å². The Bertz CT molecular complexity index is 368. The van der Waals surface area contributed by atoms with Gasteiger partial charge >= 0.3 is 6.03 Å². The van der Waals surface area contributed by atoms with Crippen LogP contribution in [0.4, 0.5) is 4.79 Å². The zero-order valence-electron chi connectivity index (χ0n) is 11.8. The van der Waals surface area contributed by atoms with Crippen LogP contribution in [0.3, 0.4) is 0 Å². The average Bonchev–Trinajstić information content (AvgIpc) is 2.45. The van der Waals surface area contributed by atoms with Gasteiger partial charge in [0.25, 0.3) is 0 Å². The smallest absolute Gasteiger partial charge is 0.312 e. The third-order valence-electron chi connectivity index (χ3n) is 3.11. The number of amides is 3. The van der Waals surface area contributed by atoms with E-state index in [-0.39, 0.29) is 6.54 Å². The van der Waals surface area contributed by atoms with E-state index in [9.17, 15) is 14.7 Å². The number of nitrogens with two attached hydrogens (primary N) is 1. The van der Waals surface area contributed by atoms with E-state index in [1.54, 1.807) is 0 Å². The van der Waals surface area contributed by atoms with Crippen LogP contribution in [0.2, 0.25) is 0 Å². The number of primary amides is 1. The fourth-order valence-electron chi connectivity index (χ4n) is 2.11. The third kappa shape index (κ3) is 4.51. The normalized spacial score (nSPS) is 32.5. The summed E-state index contributed by atoms with van der Waals surface area (Å²) < 4.78 is 15.6. The van der Waals surface area contributed by atoms with Crippen LogP contribution in [0.25, 0.3) is 0 Å². The Morgan fingerprint density at radius 3 is 2.48 bits per heavy atom. The molecule has 10 heteroatoms. The Morgan fingerprint density at radius 2 is 2.00 bits per heavy atom. The predicted octanol–water partition coefficient (Wildman–Crippen LogP) is -3.12. The molecule has 0 unspecified atom stereocenters. The van der Waals surface area contributed by atoms with Crippen LogP contribution in [0.15, 0.2) is 0 Å². The van der Waals surface area contributed by atoms with Crippen molar-refractivity contribution < 1.29 is 34.0 Å². The molecule has 0 radical (unpaired) electrons. The molecule has 0 bridgehead atoms. The Labute approximate surface area is 121 Å². The van der Waals surface area contributed by atoms with E-state index >= 15 is 0 Å². The standard InChI is InChI=1S/C11H21N3O7/c1-19-9-7(14-6(16)3-13-11(12)18)10(20-2)21-5(4-15)8(9)17/h5,7-10,15,17H,3-4H2,1-2H3,(H,14,16)(H3,12,13,18)/t5-,7-,8+,9+,10-/m1/s1. The molecular formula is C11H21N3O7. The SMILES string of the molecule is CO[C@@H]1O[C@H](CO)[C@H](O)[C@@H](OC)[C@H]1NC(=O)CNC(N)=O. The van der Waals surface area contributed by atoms with Gasteiger partial charge in [0.1, 0.15) is 24.4 Å². The number of hydrogen-bond donors (Lipinski definition) is 5. The van der Waals surface area contributed by atoms with Gasteiger partial charge < -0.3 is 40.8 Å². The van der Waals surface area contributed by atoms with E-state index in [4.69, 9.17) is 25.1 Å². The topological polar surface area (TPSA) is 152 Å². The van der Waals surface area contributed by atoms with Gasteiger partial charge in [-0.2, -0.15) is 0 Å². The zero-order valence-corrected chi connectivity index (χ0v) is 11.8. The maximum atomic E-state index is 11.7. The molecule has 10 nitrogen and oxygen atoms in total. The first-order chi connectivity index (χ1) is 9.94. The first-order valence-corrected chi connectivity index (χ1v) is 6.27. The van der Waals surface area contributed by atoms with Crippen LogP contribution in [0.5, 0.6) is 0 Å². The lowest BCUT2D eigenvalue weighted by atomic mass is 9.96. The molecule has 1 saturated heterocycles. The minimum atomic E-state index is -1.15. The fraction of sp³-hybridized carbons (Fsp3) is 0.818. The van der Waals surface area contributed by atoms with Gasteiger partial charge in [-0.1, -0.05) is 0 Å². The number of rotatable bonds is 6. The van der Waals surface area contributed by atoms with Gasteiger partial charge in [0, 0.05) is 14.2 Å². The number of carbonyl (C=O) groups is 2. The van der Waals surface area contributed by atoms with Crippen LogP contribution >= 0.6 is 0 Å². The van der Waals surface area contributed by atoms with Crippen molar-refractivity contribution in [3.63, 3.8) is 0 Å². The third-order valence-corrected chi connectivity index (χ3v) is 3.11. The minimum absolute atomic E-state index is 0.335. The lowest BCUT2D eigenvalue weighted by Gasteiger charge is -2.43.